The minimum Gasteiger partial charge on any atom is -0.395 e. The minimum atomic E-state index is 0.223. The van der Waals surface area contributed by atoms with Gasteiger partial charge in [-0.1, -0.05) is 0 Å². The van der Waals surface area contributed by atoms with E-state index in [1.807, 2.05) is 6.20 Å². The summed E-state index contributed by atoms with van der Waals surface area (Å²) in [5.41, 5.74) is 1.00. The van der Waals surface area contributed by atoms with Crippen LogP contribution in [-0.2, 0) is 0 Å². The number of likely N-dealkylation sites (tertiary alicyclic amines) is 1. The number of hydrogen-bond donors (Lipinski definition) is 2. The molecule has 1 fully saturated rings. The van der Waals surface area contributed by atoms with E-state index in [-0.39, 0.29) is 6.61 Å². The summed E-state index contributed by atoms with van der Waals surface area (Å²) in [5.74, 6) is 1.61. The maximum atomic E-state index is 8.99. The maximum Gasteiger partial charge on any atom is 0.228 e. The third-order valence-corrected chi connectivity index (χ3v) is 3.88. The van der Waals surface area contributed by atoms with Gasteiger partial charge >= 0.3 is 0 Å². The number of nitrogens with zero attached hydrogens (tertiary/aromatic N) is 5. The Hall–Kier alpha value is -2.12. The monoisotopic (exact) mass is 300 g/mol. The Kier molecular flexibility index (Phi) is 4.87. The van der Waals surface area contributed by atoms with Gasteiger partial charge in [-0.25, -0.2) is 15.0 Å². The molecule has 2 aromatic rings. The lowest BCUT2D eigenvalue weighted by atomic mass is 9.94. The summed E-state index contributed by atoms with van der Waals surface area (Å²) in [5, 5.41) is 12.1. The van der Waals surface area contributed by atoms with Crippen LogP contribution in [0.5, 0.6) is 0 Å². The highest BCUT2D eigenvalue weighted by Crippen LogP contribution is 2.26. The summed E-state index contributed by atoms with van der Waals surface area (Å²) in [4.78, 5) is 19.5. The van der Waals surface area contributed by atoms with Crippen molar-refractivity contribution in [3.8, 4) is 0 Å². The SMILES string of the molecule is OCCN1CCC(c2cncc(Nc3ncccn3)n2)CC1. The van der Waals surface area contributed by atoms with Gasteiger partial charge in [0.05, 0.1) is 18.5 Å². The number of β-amino-alcohol motifs (C(OH)–C–C–N with tert-alkyl or cyclic N) is 1. The molecule has 1 saturated heterocycles. The summed E-state index contributed by atoms with van der Waals surface area (Å²) in [6.07, 6.45) is 8.97. The van der Waals surface area contributed by atoms with Crippen LogP contribution < -0.4 is 5.32 Å². The standard InChI is InChI=1S/C15H20N6O/c22-9-8-21-6-2-12(3-7-21)13-10-16-11-14(19-13)20-15-17-4-1-5-18-15/h1,4-5,10-12,22H,2-3,6-9H2,(H,17,18,19,20). The van der Waals surface area contributed by atoms with Gasteiger partial charge in [-0.3, -0.25) is 4.98 Å². The molecular weight excluding hydrogens is 280 g/mol. The molecule has 0 saturated carbocycles. The smallest absolute Gasteiger partial charge is 0.228 e. The van der Waals surface area contributed by atoms with Crippen LogP contribution in [-0.4, -0.2) is 56.2 Å². The van der Waals surface area contributed by atoms with Gasteiger partial charge in [-0.2, -0.15) is 0 Å². The lowest BCUT2D eigenvalue weighted by Crippen LogP contribution is -2.35. The fourth-order valence-electron chi connectivity index (χ4n) is 2.71. The number of aliphatic hydroxyl groups excluding tert-OH is 1. The van der Waals surface area contributed by atoms with Gasteiger partial charge in [-0.15, -0.1) is 0 Å². The topological polar surface area (TPSA) is 87.1 Å². The molecule has 1 aliphatic rings. The number of nitrogens with one attached hydrogen (secondary N) is 1. The summed E-state index contributed by atoms with van der Waals surface area (Å²) < 4.78 is 0. The molecular formula is C15H20N6O. The summed E-state index contributed by atoms with van der Waals surface area (Å²) in [6.45, 7) is 2.96. The van der Waals surface area contributed by atoms with Crippen molar-refractivity contribution in [3.05, 3.63) is 36.5 Å². The number of anilines is 2. The Balaban J connectivity index is 1.64. The Labute approximate surface area is 129 Å². The van der Waals surface area contributed by atoms with E-state index in [9.17, 15) is 0 Å². The van der Waals surface area contributed by atoms with Crippen molar-refractivity contribution in [2.75, 3.05) is 31.6 Å². The lowest BCUT2D eigenvalue weighted by molar-refractivity contribution is 0.163. The van der Waals surface area contributed by atoms with Crippen LogP contribution >= 0.6 is 0 Å². The molecule has 1 aliphatic heterocycles. The molecule has 0 radical (unpaired) electrons. The number of rotatable bonds is 5. The van der Waals surface area contributed by atoms with Crippen molar-refractivity contribution in [3.63, 3.8) is 0 Å². The fourth-order valence-corrected chi connectivity index (χ4v) is 2.71. The highest BCUT2D eigenvalue weighted by molar-refractivity contribution is 5.45. The van der Waals surface area contributed by atoms with Crippen molar-refractivity contribution < 1.29 is 5.11 Å². The molecule has 3 heterocycles. The van der Waals surface area contributed by atoms with Gasteiger partial charge in [0.15, 0.2) is 5.82 Å². The van der Waals surface area contributed by atoms with E-state index in [0.717, 1.165) is 38.2 Å². The lowest BCUT2D eigenvalue weighted by Gasteiger charge is -2.31. The molecule has 0 atom stereocenters. The van der Waals surface area contributed by atoms with E-state index in [4.69, 9.17) is 5.11 Å². The number of piperidine rings is 1. The van der Waals surface area contributed by atoms with Crippen molar-refractivity contribution in [1.29, 1.82) is 0 Å². The average molecular weight is 300 g/mol. The van der Waals surface area contributed by atoms with Crippen LogP contribution in [0.15, 0.2) is 30.9 Å². The van der Waals surface area contributed by atoms with E-state index in [0.29, 0.717) is 17.7 Å². The first kappa shape index (κ1) is 14.8. The molecule has 0 aromatic carbocycles. The Morgan fingerprint density at radius 1 is 1.18 bits per heavy atom. The minimum absolute atomic E-state index is 0.223. The van der Waals surface area contributed by atoms with Gasteiger partial charge in [-0.05, 0) is 32.0 Å². The molecule has 7 nitrogen and oxygen atoms in total. The zero-order valence-electron chi connectivity index (χ0n) is 12.4. The Morgan fingerprint density at radius 2 is 1.95 bits per heavy atom. The quantitative estimate of drug-likeness (QED) is 0.857. The molecule has 0 spiro atoms. The van der Waals surface area contributed by atoms with Gasteiger partial charge in [0.25, 0.3) is 0 Å². The summed E-state index contributed by atoms with van der Waals surface area (Å²) in [7, 11) is 0. The van der Waals surface area contributed by atoms with Gasteiger partial charge < -0.3 is 15.3 Å². The molecule has 22 heavy (non-hydrogen) atoms. The van der Waals surface area contributed by atoms with E-state index in [1.54, 1.807) is 24.7 Å². The molecule has 0 aliphatic carbocycles. The Morgan fingerprint density at radius 3 is 2.68 bits per heavy atom. The normalized spacial score (nSPS) is 16.6. The zero-order chi connectivity index (χ0) is 15.2. The second-order valence-electron chi connectivity index (χ2n) is 5.37. The average Bonchev–Trinajstić information content (AvgIpc) is 2.57. The molecule has 2 aromatic heterocycles. The highest BCUT2D eigenvalue weighted by Gasteiger charge is 2.21. The number of aliphatic hydroxyl groups is 1. The molecule has 0 unspecified atom stereocenters. The molecule has 3 rings (SSSR count). The zero-order valence-corrected chi connectivity index (χ0v) is 12.4. The van der Waals surface area contributed by atoms with Crippen LogP contribution in [0.3, 0.4) is 0 Å². The molecule has 0 amide bonds. The Bertz CT molecular complexity index is 586. The molecule has 0 bridgehead atoms. The van der Waals surface area contributed by atoms with Crippen LogP contribution in [0, 0.1) is 0 Å². The number of aromatic nitrogens is 4. The van der Waals surface area contributed by atoms with Crippen molar-refractivity contribution in [1.82, 2.24) is 24.8 Å². The van der Waals surface area contributed by atoms with Crippen LogP contribution in [0.2, 0.25) is 0 Å². The van der Waals surface area contributed by atoms with Gasteiger partial charge in [0.2, 0.25) is 5.95 Å². The van der Waals surface area contributed by atoms with E-state index < -0.39 is 0 Å². The number of hydrogen-bond acceptors (Lipinski definition) is 7. The predicted octanol–water partition coefficient (Wildman–Crippen LogP) is 1.18. The maximum absolute atomic E-state index is 8.99. The first-order chi connectivity index (χ1) is 10.8. The first-order valence-corrected chi connectivity index (χ1v) is 7.54. The predicted molar refractivity (Wildman–Crippen MR) is 82.8 cm³/mol. The van der Waals surface area contributed by atoms with Crippen molar-refractivity contribution in [2.45, 2.75) is 18.8 Å². The van der Waals surface area contributed by atoms with Crippen molar-refractivity contribution in [2.24, 2.45) is 0 Å². The second-order valence-corrected chi connectivity index (χ2v) is 5.37. The molecule has 2 N–H and O–H groups in total. The van der Waals surface area contributed by atoms with Crippen LogP contribution in [0.25, 0.3) is 0 Å². The summed E-state index contributed by atoms with van der Waals surface area (Å²) in [6, 6.07) is 1.77. The third-order valence-electron chi connectivity index (χ3n) is 3.88. The largest absolute Gasteiger partial charge is 0.395 e. The molecule has 7 heteroatoms. The van der Waals surface area contributed by atoms with Crippen molar-refractivity contribution >= 4 is 11.8 Å². The summed E-state index contributed by atoms with van der Waals surface area (Å²) >= 11 is 0. The van der Waals surface area contributed by atoms with E-state index in [1.165, 1.54) is 0 Å². The fraction of sp³-hybridized carbons (Fsp3) is 0.467. The van der Waals surface area contributed by atoms with E-state index >= 15 is 0 Å². The van der Waals surface area contributed by atoms with Gasteiger partial charge in [0, 0.05) is 31.1 Å². The highest BCUT2D eigenvalue weighted by atomic mass is 16.3. The van der Waals surface area contributed by atoms with Gasteiger partial charge in [0.1, 0.15) is 0 Å². The van der Waals surface area contributed by atoms with E-state index in [2.05, 4.69) is 30.2 Å². The molecule has 116 valence electrons. The van der Waals surface area contributed by atoms with Crippen LogP contribution in [0.1, 0.15) is 24.5 Å². The van der Waals surface area contributed by atoms with Crippen LogP contribution in [0.4, 0.5) is 11.8 Å². The second kappa shape index (κ2) is 7.24. The third kappa shape index (κ3) is 3.75. The first-order valence-electron chi connectivity index (χ1n) is 7.54.